The van der Waals surface area contributed by atoms with Crippen LogP contribution in [-0.4, -0.2) is 63.8 Å². The van der Waals surface area contributed by atoms with Crippen molar-refractivity contribution in [1.29, 1.82) is 0 Å². The molecule has 0 spiro atoms. The van der Waals surface area contributed by atoms with Gasteiger partial charge >= 0.3 is 6.03 Å². The lowest BCUT2D eigenvalue weighted by molar-refractivity contribution is -0.147. The Balaban J connectivity index is 1.47. The molecule has 2 unspecified atom stereocenters. The minimum absolute atomic E-state index is 0.220. The second kappa shape index (κ2) is 14.4. The van der Waals surface area contributed by atoms with Crippen molar-refractivity contribution in [3.05, 3.63) is 101 Å². The molecule has 3 aromatic rings. The Morgan fingerprint density at radius 1 is 0.953 bits per heavy atom. The minimum Gasteiger partial charge on any atom is -0.497 e. The maximum absolute atomic E-state index is 13.8. The van der Waals surface area contributed by atoms with Crippen LogP contribution in [0, 0.1) is 6.92 Å². The number of methoxy groups -OCH3 is 1. The first-order valence-electron chi connectivity index (χ1n) is 14.2. The number of urea groups is 1. The standard InChI is InChI=1S/C33H40N4O5S/c1-22-10-8-9-13-25(22)20-34-30(39)29-33(2,3)43-21-37(29)31(40)28(38)27(18-23-11-6-5-7-12-23)36-32(41)35-19-24-14-16-26(42-4)17-15-24/h5-17,27-29,38H,18-21H2,1-4H3,(H,34,39)(H2,35,36,41)/t27?,28-,29?/m0/s1. The molecule has 1 heterocycles. The largest absolute Gasteiger partial charge is 0.497 e. The van der Waals surface area contributed by atoms with Gasteiger partial charge in [0.1, 0.15) is 11.8 Å². The van der Waals surface area contributed by atoms with E-state index >= 15 is 0 Å². The van der Waals surface area contributed by atoms with Gasteiger partial charge in [-0.25, -0.2) is 4.79 Å². The van der Waals surface area contributed by atoms with Crippen LogP contribution in [0.2, 0.25) is 0 Å². The number of thioether (sulfide) groups is 1. The van der Waals surface area contributed by atoms with Crippen molar-refractivity contribution in [2.75, 3.05) is 13.0 Å². The predicted molar refractivity (Wildman–Crippen MR) is 169 cm³/mol. The summed E-state index contributed by atoms with van der Waals surface area (Å²) < 4.78 is 4.60. The summed E-state index contributed by atoms with van der Waals surface area (Å²) in [7, 11) is 1.59. The molecule has 9 nitrogen and oxygen atoms in total. The van der Waals surface area contributed by atoms with E-state index in [9.17, 15) is 19.5 Å². The zero-order chi connectivity index (χ0) is 31.0. The molecule has 0 aromatic heterocycles. The van der Waals surface area contributed by atoms with E-state index in [4.69, 9.17) is 4.74 Å². The van der Waals surface area contributed by atoms with Gasteiger partial charge < -0.3 is 30.7 Å². The third-order valence-electron chi connectivity index (χ3n) is 7.65. The predicted octanol–water partition coefficient (Wildman–Crippen LogP) is 3.77. The maximum Gasteiger partial charge on any atom is 0.315 e. The van der Waals surface area contributed by atoms with Gasteiger partial charge in [0.25, 0.3) is 5.91 Å². The van der Waals surface area contributed by atoms with E-state index in [-0.39, 0.29) is 24.7 Å². The van der Waals surface area contributed by atoms with Crippen LogP contribution in [0.4, 0.5) is 4.79 Å². The summed E-state index contributed by atoms with van der Waals surface area (Å²) in [5.41, 5.74) is 3.76. The first-order valence-corrected chi connectivity index (χ1v) is 15.2. The average Bonchev–Trinajstić information content (AvgIpc) is 3.33. The molecular weight excluding hydrogens is 564 g/mol. The van der Waals surface area contributed by atoms with Gasteiger partial charge in [-0.2, -0.15) is 0 Å². The van der Waals surface area contributed by atoms with Gasteiger partial charge in [-0.3, -0.25) is 9.59 Å². The number of carbonyl (C=O) groups is 3. The number of rotatable bonds is 11. The van der Waals surface area contributed by atoms with E-state index < -0.39 is 34.9 Å². The van der Waals surface area contributed by atoms with Crippen LogP contribution in [-0.2, 0) is 29.1 Å². The van der Waals surface area contributed by atoms with E-state index in [0.29, 0.717) is 12.3 Å². The lowest BCUT2D eigenvalue weighted by Crippen LogP contribution is -2.59. The first kappa shape index (κ1) is 31.9. The number of aryl methyl sites for hydroxylation is 1. The molecule has 0 aliphatic carbocycles. The molecule has 1 fully saturated rings. The Morgan fingerprint density at radius 3 is 2.30 bits per heavy atom. The molecular formula is C33H40N4O5S. The fraction of sp³-hybridized carbons (Fsp3) is 0.364. The molecule has 4 amide bonds. The van der Waals surface area contributed by atoms with Gasteiger partial charge in [-0.1, -0.05) is 66.7 Å². The molecule has 1 saturated heterocycles. The highest BCUT2D eigenvalue weighted by atomic mass is 32.2. The number of hydrogen-bond donors (Lipinski definition) is 4. The number of nitrogens with zero attached hydrogens (tertiary/aromatic N) is 1. The van der Waals surface area contributed by atoms with E-state index in [1.165, 1.54) is 16.7 Å². The number of benzene rings is 3. The summed E-state index contributed by atoms with van der Waals surface area (Å²) >= 11 is 1.48. The van der Waals surface area contributed by atoms with Crippen molar-refractivity contribution in [3.63, 3.8) is 0 Å². The van der Waals surface area contributed by atoms with E-state index in [1.54, 1.807) is 19.2 Å². The van der Waals surface area contributed by atoms with Gasteiger partial charge in [-0.05, 0) is 61.6 Å². The Hall–Kier alpha value is -4.02. The molecule has 1 aliphatic heterocycles. The Bertz CT molecular complexity index is 1400. The van der Waals surface area contributed by atoms with Gasteiger partial charge in [0, 0.05) is 17.8 Å². The van der Waals surface area contributed by atoms with Crippen molar-refractivity contribution in [2.45, 2.75) is 63.2 Å². The smallest absolute Gasteiger partial charge is 0.315 e. The summed E-state index contributed by atoms with van der Waals surface area (Å²) in [6, 6.07) is 22.2. The normalized spacial score (nSPS) is 17.0. The van der Waals surface area contributed by atoms with Crippen LogP contribution in [0.5, 0.6) is 5.75 Å². The molecule has 4 N–H and O–H groups in total. The summed E-state index contributed by atoms with van der Waals surface area (Å²) in [5, 5.41) is 20.0. The monoisotopic (exact) mass is 604 g/mol. The molecule has 3 atom stereocenters. The molecule has 10 heteroatoms. The zero-order valence-corrected chi connectivity index (χ0v) is 25.8. The number of carbonyl (C=O) groups excluding carboxylic acids is 3. The molecule has 0 bridgehead atoms. The molecule has 1 aliphatic rings. The number of amides is 4. The third kappa shape index (κ3) is 8.30. The van der Waals surface area contributed by atoms with Crippen molar-refractivity contribution < 1.29 is 24.2 Å². The second-order valence-corrected chi connectivity index (χ2v) is 12.7. The van der Waals surface area contributed by atoms with Crippen LogP contribution in [0.1, 0.15) is 36.1 Å². The van der Waals surface area contributed by atoms with Gasteiger partial charge in [0.2, 0.25) is 5.91 Å². The quantitative estimate of drug-likeness (QED) is 0.265. The number of hydrogen-bond acceptors (Lipinski definition) is 6. The van der Waals surface area contributed by atoms with Gasteiger partial charge in [0.15, 0.2) is 6.10 Å². The van der Waals surface area contributed by atoms with Crippen molar-refractivity contribution in [2.24, 2.45) is 0 Å². The van der Waals surface area contributed by atoms with Crippen LogP contribution >= 0.6 is 11.8 Å². The molecule has 4 rings (SSSR count). The number of nitrogens with one attached hydrogen (secondary N) is 3. The number of aliphatic hydroxyl groups is 1. The Kier molecular flexibility index (Phi) is 10.7. The number of ether oxygens (including phenoxy) is 1. The second-order valence-electron chi connectivity index (χ2n) is 11.1. The molecule has 0 radical (unpaired) electrons. The van der Waals surface area contributed by atoms with Crippen molar-refractivity contribution in [3.8, 4) is 5.75 Å². The van der Waals surface area contributed by atoms with Crippen LogP contribution < -0.4 is 20.7 Å². The van der Waals surface area contributed by atoms with Gasteiger partial charge in [-0.15, -0.1) is 11.8 Å². The highest BCUT2D eigenvalue weighted by Gasteiger charge is 2.49. The highest BCUT2D eigenvalue weighted by molar-refractivity contribution is 8.00. The van der Waals surface area contributed by atoms with Crippen molar-refractivity contribution in [1.82, 2.24) is 20.9 Å². The minimum atomic E-state index is -1.58. The lowest BCUT2D eigenvalue weighted by Gasteiger charge is -2.33. The van der Waals surface area contributed by atoms with Crippen molar-refractivity contribution >= 4 is 29.6 Å². The van der Waals surface area contributed by atoms with E-state index in [2.05, 4.69) is 16.0 Å². The first-order chi connectivity index (χ1) is 20.6. The summed E-state index contributed by atoms with van der Waals surface area (Å²) in [5.74, 6) is 0.0601. The number of aliphatic hydroxyl groups excluding tert-OH is 1. The van der Waals surface area contributed by atoms with Crippen LogP contribution in [0.15, 0.2) is 78.9 Å². The Labute approximate surface area is 257 Å². The topological polar surface area (TPSA) is 120 Å². The lowest BCUT2D eigenvalue weighted by atomic mass is 9.97. The molecule has 228 valence electrons. The van der Waals surface area contributed by atoms with E-state index in [1.807, 2.05) is 87.5 Å². The summed E-state index contributed by atoms with van der Waals surface area (Å²) in [6.07, 6.45) is -1.36. The molecule has 43 heavy (non-hydrogen) atoms. The third-order valence-corrected chi connectivity index (χ3v) is 9.03. The zero-order valence-electron chi connectivity index (χ0n) is 25.0. The van der Waals surface area contributed by atoms with Gasteiger partial charge in [0.05, 0.1) is 19.0 Å². The fourth-order valence-electron chi connectivity index (χ4n) is 5.10. The Morgan fingerprint density at radius 2 is 1.63 bits per heavy atom. The summed E-state index contributed by atoms with van der Waals surface area (Å²) in [6.45, 7) is 6.40. The summed E-state index contributed by atoms with van der Waals surface area (Å²) in [4.78, 5) is 41.7. The average molecular weight is 605 g/mol. The van der Waals surface area contributed by atoms with Crippen LogP contribution in [0.25, 0.3) is 0 Å². The fourth-order valence-corrected chi connectivity index (χ4v) is 6.24. The molecule has 3 aromatic carbocycles. The highest BCUT2D eigenvalue weighted by Crippen LogP contribution is 2.40. The van der Waals surface area contributed by atoms with Crippen LogP contribution in [0.3, 0.4) is 0 Å². The SMILES string of the molecule is COc1ccc(CNC(=O)NC(Cc2ccccc2)[C@H](O)C(=O)N2CSC(C)(C)C2C(=O)NCc2ccccc2C)cc1. The van der Waals surface area contributed by atoms with E-state index in [0.717, 1.165) is 22.3 Å². The maximum atomic E-state index is 13.8. The molecule has 0 saturated carbocycles.